The minimum atomic E-state index is 0.490. The molecule has 0 bridgehead atoms. The Morgan fingerprint density at radius 3 is 2.47 bits per heavy atom. The van der Waals surface area contributed by atoms with Gasteiger partial charge in [-0.25, -0.2) is 0 Å². The van der Waals surface area contributed by atoms with Gasteiger partial charge in [-0.2, -0.15) is 5.10 Å². The fourth-order valence-electron chi connectivity index (χ4n) is 1.50. The first kappa shape index (κ1) is 13.4. The Balaban J connectivity index is 1.88. The highest BCUT2D eigenvalue weighted by atomic mass is 35.5. The normalized spacial score (nSPS) is 10.6. The van der Waals surface area contributed by atoms with E-state index in [0.29, 0.717) is 12.5 Å². The fraction of sp³-hybridized carbons (Fsp3) is 0.133. The number of hydrazone groups is 1. The van der Waals surface area contributed by atoms with E-state index < -0.39 is 0 Å². The van der Waals surface area contributed by atoms with Gasteiger partial charge in [0, 0.05) is 0 Å². The number of rotatable bonds is 6. The molecule has 19 heavy (non-hydrogen) atoms. The average Bonchev–Trinajstić information content (AvgIpc) is 2.47. The lowest BCUT2D eigenvalue weighted by atomic mass is 10.2. The summed E-state index contributed by atoms with van der Waals surface area (Å²) in [5.74, 6) is 1.30. The van der Waals surface area contributed by atoms with Gasteiger partial charge < -0.3 is 4.74 Å². The summed E-state index contributed by atoms with van der Waals surface area (Å²) >= 11 is 5.56. The number of para-hydroxylation sites is 1. The van der Waals surface area contributed by atoms with Gasteiger partial charge in [-0.3, -0.25) is 5.43 Å². The van der Waals surface area contributed by atoms with E-state index in [0.717, 1.165) is 17.0 Å². The van der Waals surface area contributed by atoms with Crippen LogP contribution in [0.25, 0.3) is 0 Å². The minimum absolute atomic E-state index is 0.490. The summed E-state index contributed by atoms with van der Waals surface area (Å²) in [6.07, 6.45) is 1.76. The summed E-state index contributed by atoms with van der Waals surface area (Å²) in [7, 11) is 0. The van der Waals surface area contributed by atoms with Crippen molar-refractivity contribution in [3.8, 4) is 5.75 Å². The third-order valence-electron chi connectivity index (χ3n) is 2.41. The van der Waals surface area contributed by atoms with Crippen LogP contribution in [0.2, 0.25) is 0 Å². The number of alkyl halides is 1. The zero-order valence-electron chi connectivity index (χ0n) is 10.4. The predicted octanol–water partition coefficient (Wildman–Crippen LogP) is 3.75. The molecule has 0 heterocycles. The molecular formula is C15H15ClN2O. The first-order valence-corrected chi connectivity index (χ1v) is 6.55. The quantitative estimate of drug-likeness (QED) is 0.494. The van der Waals surface area contributed by atoms with Crippen LogP contribution >= 0.6 is 11.6 Å². The molecule has 1 N–H and O–H groups in total. The Bertz CT molecular complexity index is 511. The Morgan fingerprint density at radius 1 is 1.05 bits per heavy atom. The Morgan fingerprint density at radius 2 is 1.79 bits per heavy atom. The second-order valence-electron chi connectivity index (χ2n) is 3.84. The van der Waals surface area contributed by atoms with E-state index in [1.807, 2.05) is 54.6 Å². The molecule has 0 saturated heterocycles. The Hall–Kier alpha value is -2.00. The van der Waals surface area contributed by atoms with Crippen LogP contribution in [0.15, 0.2) is 59.7 Å². The van der Waals surface area contributed by atoms with E-state index in [2.05, 4.69) is 10.5 Å². The van der Waals surface area contributed by atoms with E-state index in [9.17, 15) is 0 Å². The summed E-state index contributed by atoms with van der Waals surface area (Å²) in [6, 6.07) is 17.5. The lowest BCUT2D eigenvalue weighted by Crippen LogP contribution is -1.97. The van der Waals surface area contributed by atoms with Crippen molar-refractivity contribution in [2.24, 2.45) is 5.10 Å². The molecule has 4 heteroatoms. The highest BCUT2D eigenvalue weighted by Gasteiger charge is 1.93. The summed E-state index contributed by atoms with van der Waals surface area (Å²) in [5.41, 5.74) is 4.92. The number of benzene rings is 2. The zero-order chi connectivity index (χ0) is 13.3. The number of anilines is 1. The maximum Gasteiger partial charge on any atom is 0.119 e. The second kappa shape index (κ2) is 7.44. The molecular weight excluding hydrogens is 260 g/mol. The van der Waals surface area contributed by atoms with Crippen LogP contribution in [0, 0.1) is 0 Å². The molecule has 0 radical (unpaired) electrons. The second-order valence-corrected chi connectivity index (χ2v) is 4.22. The molecule has 2 rings (SSSR count). The molecule has 3 nitrogen and oxygen atoms in total. The van der Waals surface area contributed by atoms with Gasteiger partial charge >= 0.3 is 0 Å². The predicted molar refractivity (Wildman–Crippen MR) is 80.3 cm³/mol. The number of hydrogen-bond donors (Lipinski definition) is 1. The van der Waals surface area contributed by atoms with Crippen LogP contribution in [-0.2, 0) is 0 Å². The number of nitrogens with one attached hydrogen (secondary N) is 1. The molecule has 98 valence electrons. The average molecular weight is 275 g/mol. The lowest BCUT2D eigenvalue weighted by molar-refractivity contribution is 0.343. The third kappa shape index (κ3) is 4.64. The summed E-state index contributed by atoms with van der Waals surface area (Å²) < 4.78 is 5.39. The van der Waals surface area contributed by atoms with Crippen LogP contribution in [0.4, 0.5) is 5.69 Å². The molecule has 0 saturated carbocycles. The van der Waals surface area contributed by atoms with E-state index in [1.54, 1.807) is 6.21 Å². The van der Waals surface area contributed by atoms with Crippen molar-refractivity contribution in [2.75, 3.05) is 17.9 Å². The smallest absolute Gasteiger partial charge is 0.119 e. The van der Waals surface area contributed by atoms with Gasteiger partial charge in [0.25, 0.3) is 0 Å². The molecule has 0 unspecified atom stereocenters. The molecule has 2 aromatic rings. The monoisotopic (exact) mass is 274 g/mol. The number of hydrogen-bond acceptors (Lipinski definition) is 3. The van der Waals surface area contributed by atoms with Crippen LogP contribution in [0.3, 0.4) is 0 Å². The molecule has 0 aliphatic heterocycles. The maximum atomic E-state index is 5.56. The SMILES string of the molecule is ClCCOc1ccc(C=NNc2ccccc2)cc1. The van der Waals surface area contributed by atoms with Crippen LogP contribution < -0.4 is 10.2 Å². The molecule has 0 aliphatic carbocycles. The standard InChI is InChI=1S/C15H15ClN2O/c16-10-11-19-15-8-6-13(7-9-15)12-17-18-14-4-2-1-3-5-14/h1-9,12,18H,10-11H2. The molecule has 2 aromatic carbocycles. The van der Waals surface area contributed by atoms with Crippen molar-refractivity contribution in [2.45, 2.75) is 0 Å². The number of ether oxygens (including phenoxy) is 1. The van der Waals surface area contributed by atoms with E-state index >= 15 is 0 Å². The van der Waals surface area contributed by atoms with E-state index in [4.69, 9.17) is 16.3 Å². The number of halogens is 1. The summed E-state index contributed by atoms with van der Waals surface area (Å²) in [5, 5.41) is 4.17. The van der Waals surface area contributed by atoms with Crippen molar-refractivity contribution in [3.05, 3.63) is 60.2 Å². The highest BCUT2D eigenvalue weighted by molar-refractivity contribution is 6.18. The zero-order valence-corrected chi connectivity index (χ0v) is 11.2. The van der Waals surface area contributed by atoms with Crippen molar-refractivity contribution < 1.29 is 4.74 Å². The van der Waals surface area contributed by atoms with Crippen molar-refractivity contribution >= 4 is 23.5 Å². The molecule has 0 aliphatic rings. The molecule has 0 atom stereocenters. The summed E-state index contributed by atoms with van der Waals surface area (Å²) in [4.78, 5) is 0. The largest absolute Gasteiger partial charge is 0.492 e. The van der Waals surface area contributed by atoms with Gasteiger partial charge in [0.1, 0.15) is 12.4 Å². The summed E-state index contributed by atoms with van der Waals surface area (Å²) in [6.45, 7) is 0.518. The fourth-order valence-corrected chi connectivity index (χ4v) is 1.58. The molecule has 0 fully saturated rings. The molecule has 0 spiro atoms. The lowest BCUT2D eigenvalue weighted by Gasteiger charge is -2.03. The van der Waals surface area contributed by atoms with Gasteiger partial charge in [-0.05, 0) is 42.0 Å². The minimum Gasteiger partial charge on any atom is -0.492 e. The first-order chi connectivity index (χ1) is 9.38. The molecule has 0 amide bonds. The van der Waals surface area contributed by atoms with Gasteiger partial charge in [0.15, 0.2) is 0 Å². The van der Waals surface area contributed by atoms with Gasteiger partial charge in [0.05, 0.1) is 17.8 Å². The van der Waals surface area contributed by atoms with Gasteiger partial charge in [-0.1, -0.05) is 18.2 Å². The maximum absolute atomic E-state index is 5.56. The van der Waals surface area contributed by atoms with Crippen LogP contribution in [-0.4, -0.2) is 18.7 Å². The Labute approximate surface area is 117 Å². The Kier molecular flexibility index (Phi) is 5.26. The van der Waals surface area contributed by atoms with Crippen molar-refractivity contribution in [1.82, 2.24) is 0 Å². The van der Waals surface area contributed by atoms with E-state index in [1.165, 1.54) is 0 Å². The highest BCUT2D eigenvalue weighted by Crippen LogP contribution is 2.11. The third-order valence-corrected chi connectivity index (χ3v) is 2.56. The van der Waals surface area contributed by atoms with Crippen LogP contribution in [0.5, 0.6) is 5.75 Å². The van der Waals surface area contributed by atoms with Crippen molar-refractivity contribution in [3.63, 3.8) is 0 Å². The topological polar surface area (TPSA) is 33.6 Å². The van der Waals surface area contributed by atoms with E-state index in [-0.39, 0.29) is 0 Å². The first-order valence-electron chi connectivity index (χ1n) is 6.01. The number of nitrogens with zero attached hydrogens (tertiary/aromatic N) is 1. The van der Waals surface area contributed by atoms with Gasteiger partial charge in [0.2, 0.25) is 0 Å². The van der Waals surface area contributed by atoms with Crippen molar-refractivity contribution in [1.29, 1.82) is 0 Å². The van der Waals surface area contributed by atoms with Gasteiger partial charge in [-0.15, -0.1) is 11.6 Å². The molecule has 0 aromatic heterocycles. The van der Waals surface area contributed by atoms with Crippen LogP contribution in [0.1, 0.15) is 5.56 Å².